The Kier molecular flexibility index (Phi) is 8.91. The Morgan fingerprint density at radius 1 is 1.08 bits per heavy atom. The number of hydrogen-bond donors (Lipinski definition) is 1. The third-order valence-electron chi connectivity index (χ3n) is 10.8. The van der Waals surface area contributed by atoms with Crippen LogP contribution in [0.1, 0.15) is 119 Å². The van der Waals surface area contributed by atoms with Crippen LogP contribution in [0.15, 0.2) is 35.5 Å². The highest BCUT2D eigenvalue weighted by molar-refractivity contribution is 5.66. The van der Waals surface area contributed by atoms with Crippen LogP contribution in [0.4, 0.5) is 0 Å². The summed E-state index contributed by atoms with van der Waals surface area (Å²) in [6.07, 6.45) is 16.7. The van der Waals surface area contributed by atoms with Gasteiger partial charge in [-0.25, -0.2) is 0 Å². The summed E-state index contributed by atoms with van der Waals surface area (Å²) >= 11 is 0. The molecule has 218 valence electrons. The summed E-state index contributed by atoms with van der Waals surface area (Å²) in [5.74, 6) is 1.62. The molecule has 1 N–H and O–H groups in total. The normalized spacial score (nSPS) is 35.0. The minimum atomic E-state index is -0.662. The molecule has 5 nitrogen and oxygen atoms in total. The first-order valence-electron chi connectivity index (χ1n) is 15.4. The fraction of sp³-hybridized carbons (Fsp3) is 0.765. The van der Waals surface area contributed by atoms with Crippen LogP contribution in [0.3, 0.4) is 0 Å². The number of carbonyl (C=O) groups is 2. The van der Waals surface area contributed by atoms with E-state index in [0.717, 1.165) is 36.3 Å². The van der Waals surface area contributed by atoms with Crippen molar-refractivity contribution in [3.05, 3.63) is 35.5 Å². The summed E-state index contributed by atoms with van der Waals surface area (Å²) in [5.41, 5.74) is 3.54. The molecule has 0 aliphatic heterocycles. The van der Waals surface area contributed by atoms with E-state index in [1.165, 1.54) is 58.8 Å². The number of aliphatic hydroxyl groups is 1. The summed E-state index contributed by atoms with van der Waals surface area (Å²) in [7, 11) is 0. The summed E-state index contributed by atoms with van der Waals surface area (Å²) in [4.78, 5) is 23.1. The highest BCUT2D eigenvalue weighted by atomic mass is 16.6. The second-order valence-electron chi connectivity index (χ2n) is 14.2. The second-order valence-corrected chi connectivity index (χ2v) is 14.2. The number of carbonyl (C=O) groups excluding carboxylic acids is 2. The average Bonchev–Trinajstić information content (AvgIpc) is 3.61. The lowest BCUT2D eigenvalue weighted by atomic mass is 9.55. The van der Waals surface area contributed by atoms with Crippen molar-refractivity contribution in [2.45, 2.75) is 136 Å². The topological polar surface area (TPSA) is 72.8 Å². The molecule has 0 radical (unpaired) electrons. The summed E-state index contributed by atoms with van der Waals surface area (Å²) in [6.45, 7) is 16.3. The number of hydrogen-bond acceptors (Lipinski definition) is 5. The van der Waals surface area contributed by atoms with Gasteiger partial charge in [0.25, 0.3) is 0 Å². The van der Waals surface area contributed by atoms with Crippen molar-refractivity contribution in [1.29, 1.82) is 0 Å². The van der Waals surface area contributed by atoms with Crippen LogP contribution in [0.25, 0.3) is 0 Å². The van der Waals surface area contributed by atoms with Gasteiger partial charge < -0.3 is 14.6 Å². The van der Waals surface area contributed by atoms with E-state index >= 15 is 0 Å². The highest BCUT2D eigenvalue weighted by Crippen LogP contribution is 2.67. The SMILES string of the molecule is C=C1/C(=C\C=C2CCC[C@@]3(C)C2CC[C@@H]3[C@](C)(CCCC(C)(C)OC(C)=O)C2CC2)C[C@@H](OC(C)=O)C[C@@H]1O. The van der Waals surface area contributed by atoms with Crippen LogP contribution in [0.2, 0.25) is 0 Å². The largest absolute Gasteiger partial charge is 0.462 e. The number of aliphatic hydroxyl groups excluding tert-OH is 1. The molecule has 0 amide bonds. The summed E-state index contributed by atoms with van der Waals surface area (Å²) in [5, 5.41) is 10.5. The van der Waals surface area contributed by atoms with Crippen molar-refractivity contribution in [3.8, 4) is 0 Å². The quantitative estimate of drug-likeness (QED) is 0.304. The van der Waals surface area contributed by atoms with Gasteiger partial charge in [-0.2, -0.15) is 0 Å². The van der Waals surface area contributed by atoms with Gasteiger partial charge in [0.1, 0.15) is 11.7 Å². The van der Waals surface area contributed by atoms with Gasteiger partial charge in [0.05, 0.1) is 6.10 Å². The smallest absolute Gasteiger partial charge is 0.303 e. The Morgan fingerprint density at radius 2 is 1.79 bits per heavy atom. The molecule has 0 heterocycles. The van der Waals surface area contributed by atoms with Gasteiger partial charge in [0.2, 0.25) is 0 Å². The Hall–Kier alpha value is -1.88. The van der Waals surface area contributed by atoms with E-state index in [9.17, 15) is 14.7 Å². The average molecular weight is 541 g/mol. The lowest BCUT2D eigenvalue weighted by Gasteiger charge is -2.50. The van der Waals surface area contributed by atoms with Crippen molar-refractivity contribution in [2.75, 3.05) is 0 Å². The van der Waals surface area contributed by atoms with E-state index in [-0.39, 0.29) is 18.0 Å². The lowest BCUT2D eigenvalue weighted by molar-refractivity contribution is -0.154. The van der Waals surface area contributed by atoms with Crippen LogP contribution >= 0.6 is 0 Å². The first-order chi connectivity index (χ1) is 18.2. The second kappa shape index (κ2) is 11.5. The maximum absolute atomic E-state index is 11.6. The molecular weight excluding hydrogens is 488 g/mol. The molecule has 4 fully saturated rings. The molecule has 5 heteroatoms. The van der Waals surface area contributed by atoms with Crippen LogP contribution in [0.5, 0.6) is 0 Å². The van der Waals surface area contributed by atoms with E-state index in [1.807, 2.05) is 13.8 Å². The first-order valence-corrected chi connectivity index (χ1v) is 15.4. The molecule has 0 aromatic carbocycles. The Balaban J connectivity index is 1.50. The molecule has 0 aromatic heterocycles. The molecular formula is C34H52O5. The molecule has 4 saturated carbocycles. The van der Waals surface area contributed by atoms with Gasteiger partial charge in [-0.1, -0.05) is 38.2 Å². The van der Waals surface area contributed by atoms with Crippen molar-refractivity contribution in [2.24, 2.45) is 28.6 Å². The molecule has 0 spiro atoms. The molecule has 4 aliphatic rings. The van der Waals surface area contributed by atoms with E-state index in [4.69, 9.17) is 9.47 Å². The molecule has 4 aliphatic carbocycles. The van der Waals surface area contributed by atoms with E-state index in [1.54, 1.807) is 5.57 Å². The van der Waals surface area contributed by atoms with Crippen molar-refractivity contribution >= 4 is 11.9 Å². The van der Waals surface area contributed by atoms with Gasteiger partial charge in [0, 0.05) is 26.7 Å². The van der Waals surface area contributed by atoms with E-state index < -0.39 is 11.7 Å². The minimum Gasteiger partial charge on any atom is -0.462 e. The zero-order valence-corrected chi connectivity index (χ0v) is 25.3. The van der Waals surface area contributed by atoms with Crippen LogP contribution in [0, 0.1) is 28.6 Å². The standard InChI is InChI=1S/C34H52O5/c1-22-26(20-28(21-30(22)37)38-23(2)35)12-11-25-10-8-18-34(7)29(25)15-16-31(34)33(6,27-13-14-27)19-9-17-32(4,5)39-24(3)36/h11-12,27-31,37H,1,8-10,13-21H2,2-7H3/b25-11?,26-12-/t28-,29?,30+,31-,33-,34+/m1/s1. The van der Waals surface area contributed by atoms with Crippen LogP contribution in [-0.4, -0.2) is 34.9 Å². The Morgan fingerprint density at radius 3 is 2.44 bits per heavy atom. The van der Waals surface area contributed by atoms with E-state index in [2.05, 4.69) is 32.6 Å². The fourth-order valence-corrected chi connectivity index (χ4v) is 8.84. The molecule has 0 aromatic rings. The van der Waals surface area contributed by atoms with Gasteiger partial charge in [-0.15, -0.1) is 0 Å². The third kappa shape index (κ3) is 6.72. The van der Waals surface area contributed by atoms with Gasteiger partial charge in [-0.05, 0) is 118 Å². The van der Waals surface area contributed by atoms with Crippen molar-refractivity contribution < 1.29 is 24.2 Å². The molecule has 0 saturated heterocycles. The number of rotatable bonds is 9. The minimum absolute atomic E-state index is 0.194. The number of ether oxygens (including phenoxy) is 2. The predicted molar refractivity (Wildman–Crippen MR) is 155 cm³/mol. The van der Waals surface area contributed by atoms with Crippen molar-refractivity contribution in [3.63, 3.8) is 0 Å². The van der Waals surface area contributed by atoms with E-state index in [0.29, 0.717) is 35.5 Å². The van der Waals surface area contributed by atoms with Gasteiger partial charge in [-0.3, -0.25) is 9.59 Å². The van der Waals surface area contributed by atoms with Crippen LogP contribution < -0.4 is 0 Å². The predicted octanol–water partition coefficient (Wildman–Crippen LogP) is 7.63. The van der Waals surface area contributed by atoms with Crippen molar-refractivity contribution in [1.82, 2.24) is 0 Å². The number of esters is 2. The monoisotopic (exact) mass is 540 g/mol. The number of fused-ring (bicyclic) bond motifs is 1. The Bertz CT molecular complexity index is 1020. The third-order valence-corrected chi connectivity index (χ3v) is 10.8. The Labute approximate surface area is 236 Å². The molecule has 4 rings (SSSR count). The maximum Gasteiger partial charge on any atom is 0.303 e. The summed E-state index contributed by atoms with van der Waals surface area (Å²) in [6, 6.07) is 0. The zero-order valence-electron chi connectivity index (χ0n) is 25.3. The maximum atomic E-state index is 11.6. The van der Waals surface area contributed by atoms with Gasteiger partial charge in [0.15, 0.2) is 0 Å². The highest BCUT2D eigenvalue weighted by Gasteiger charge is 2.58. The number of allylic oxidation sites excluding steroid dienone is 3. The summed E-state index contributed by atoms with van der Waals surface area (Å²) < 4.78 is 11.0. The lowest BCUT2D eigenvalue weighted by Crippen LogP contribution is -2.42. The molecule has 0 bridgehead atoms. The van der Waals surface area contributed by atoms with Crippen LogP contribution in [-0.2, 0) is 19.1 Å². The molecule has 39 heavy (non-hydrogen) atoms. The zero-order chi connectivity index (χ0) is 28.6. The first kappa shape index (κ1) is 30.1. The van der Waals surface area contributed by atoms with Gasteiger partial charge >= 0.3 is 11.9 Å². The molecule has 6 atom stereocenters. The fourth-order valence-electron chi connectivity index (χ4n) is 8.84. The molecule has 1 unspecified atom stereocenters.